The van der Waals surface area contributed by atoms with Crippen LogP contribution in [-0.2, 0) is 43.5 Å². The van der Waals surface area contributed by atoms with E-state index in [-0.39, 0.29) is 35.2 Å². The molecule has 8 aliphatic rings. The third-order valence-electron chi connectivity index (χ3n) is 13.2. The molecule has 2 spiro atoms. The number of rotatable bonds is 4. The van der Waals surface area contributed by atoms with Crippen molar-refractivity contribution in [1.82, 2.24) is 9.80 Å². The Morgan fingerprint density at radius 1 is 0.686 bits per heavy atom. The van der Waals surface area contributed by atoms with Crippen LogP contribution in [0.15, 0.2) is 48.6 Å². The first kappa shape index (κ1) is 34.9. The van der Waals surface area contributed by atoms with Crippen LogP contribution in [0, 0.1) is 11.8 Å². The van der Waals surface area contributed by atoms with Crippen LogP contribution in [-0.4, -0.2) is 119 Å². The fourth-order valence-corrected chi connectivity index (χ4v) is 11.1. The van der Waals surface area contributed by atoms with E-state index >= 15 is 0 Å². The zero-order chi connectivity index (χ0) is 36.0. The predicted molar refractivity (Wildman–Crippen MR) is 189 cm³/mol. The van der Waals surface area contributed by atoms with E-state index in [9.17, 15) is 0 Å². The van der Waals surface area contributed by atoms with Crippen molar-refractivity contribution in [1.29, 1.82) is 0 Å². The number of hydrogen-bond acceptors (Lipinski definition) is 10. The lowest BCUT2D eigenvalue weighted by molar-refractivity contribution is -0.0581. The Morgan fingerprint density at radius 2 is 1.08 bits per heavy atom. The molecule has 4 heterocycles. The minimum atomic E-state index is -4.67. The molecular weight excluding hydrogens is 676 g/mol. The van der Waals surface area contributed by atoms with E-state index in [4.69, 9.17) is 45.9 Å². The molecule has 0 saturated carbocycles. The summed E-state index contributed by atoms with van der Waals surface area (Å²) in [6.45, 7) is 2.22. The van der Waals surface area contributed by atoms with Crippen molar-refractivity contribution in [2.75, 3.05) is 55.6 Å². The van der Waals surface area contributed by atoms with Crippen molar-refractivity contribution in [3.05, 3.63) is 70.8 Å². The fraction of sp³-hybridized carbons (Fsp3) is 0.579. The highest BCUT2D eigenvalue weighted by molar-refractivity contribution is 7.79. The maximum absolute atomic E-state index is 8.74. The summed E-state index contributed by atoms with van der Waals surface area (Å²) >= 11 is 0. The van der Waals surface area contributed by atoms with Crippen molar-refractivity contribution in [2.45, 2.75) is 73.0 Å². The Hall–Kier alpha value is -3.17. The first-order chi connectivity index (χ1) is 24.4. The first-order valence-electron chi connectivity index (χ1n) is 17.7. The summed E-state index contributed by atoms with van der Waals surface area (Å²) in [6, 6.07) is 9.72. The summed E-state index contributed by atoms with van der Waals surface area (Å²) in [5.74, 6) is 4.65. The highest BCUT2D eigenvalue weighted by Gasteiger charge is 2.66. The van der Waals surface area contributed by atoms with Crippen LogP contribution in [0.3, 0.4) is 0 Å². The lowest BCUT2D eigenvalue weighted by Gasteiger charge is -2.56. The topological polar surface area (TPSA) is 136 Å². The van der Waals surface area contributed by atoms with E-state index in [1.807, 2.05) is 0 Å². The summed E-state index contributed by atoms with van der Waals surface area (Å²) < 4.78 is 67.4. The van der Waals surface area contributed by atoms with Gasteiger partial charge in [0.2, 0.25) is 0 Å². The van der Waals surface area contributed by atoms with Gasteiger partial charge < -0.3 is 38.2 Å². The lowest BCUT2D eigenvalue weighted by atomic mass is 9.53. The van der Waals surface area contributed by atoms with E-state index in [0.29, 0.717) is 23.9 Å². The molecule has 10 rings (SSSR count). The predicted octanol–water partition coefficient (Wildman–Crippen LogP) is 3.66. The Labute approximate surface area is 299 Å². The van der Waals surface area contributed by atoms with Gasteiger partial charge in [-0.25, -0.2) is 0 Å². The molecule has 51 heavy (non-hydrogen) atoms. The number of benzene rings is 2. The smallest absolute Gasteiger partial charge is 0.394 e. The molecule has 2 N–H and O–H groups in total. The standard InChI is InChI=1S/2C19H23NO3.H2O4S/c2*1-20-9-8-19-12-5-7-15(22-3)18(19)23-17-14(21-2)6-4-11(16(17)19)10-13(12)20;1-5(2,3)4/h2*4-7,12-13,15,18H,8-10H2,1-3H3;(H2,1,2,3,4). The molecule has 4 aliphatic carbocycles. The summed E-state index contributed by atoms with van der Waals surface area (Å²) in [6.07, 6.45) is 13.8. The quantitative estimate of drug-likeness (QED) is 0.352. The fourth-order valence-electron chi connectivity index (χ4n) is 11.1. The van der Waals surface area contributed by atoms with Gasteiger partial charge in [-0.2, -0.15) is 8.42 Å². The van der Waals surface area contributed by atoms with Crippen LogP contribution in [0.1, 0.15) is 35.1 Å². The second-order valence-electron chi connectivity index (χ2n) is 15.1. The van der Waals surface area contributed by atoms with Gasteiger partial charge >= 0.3 is 10.4 Å². The molecule has 0 radical (unpaired) electrons. The van der Waals surface area contributed by atoms with Crippen molar-refractivity contribution >= 4 is 10.4 Å². The van der Waals surface area contributed by atoms with Crippen molar-refractivity contribution in [2.24, 2.45) is 11.8 Å². The maximum atomic E-state index is 8.74. The molecule has 0 amide bonds. The molecule has 4 aliphatic heterocycles. The molecule has 2 aromatic rings. The van der Waals surface area contributed by atoms with Gasteiger partial charge in [-0.05, 0) is 76.1 Å². The van der Waals surface area contributed by atoms with E-state index in [1.165, 1.54) is 22.3 Å². The Bertz CT molecular complexity index is 1760. The molecule has 0 aromatic heterocycles. The highest BCUT2D eigenvalue weighted by Crippen LogP contribution is 2.64. The number of likely N-dealkylation sites (tertiary alicyclic amines) is 2. The highest BCUT2D eigenvalue weighted by atomic mass is 32.3. The second-order valence-corrected chi connectivity index (χ2v) is 16.0. The number of hydrogen-bond donors (Lipinski definition) is 2. The molecule has 2 fully saturated rings. The minimum Gasteiger partial charge on any atom is -0.493 e. The Balaban J connectivity index is 0.000000130. The molecule has 2 aromatic carbocycles. The van der Waals surface area contributed by atoms with Gasteiger partial charge in [0.25, 0.3) is 0 Å². The van der Waals surface area contributed by atoms with Crippen molar-refractivity contribution in [3.63, 3.8) is 0 Å². The van der Waals surface area contributed by atoms with Crippen LogP contribution in [0.2, 0.25) is 0 Å². The van der Waals surface area contributed by atoms with E-state index in [0.717, 1.165) is 61.8 Å². The van der Waals surface area contributed by atoms with Crippen molar-refractivity contribution in [3.8, 4) is 23.0 Å². The number of ether oxygens (including phenoxy) is 6. The van der Waals surface area contributed by atoms with Crippen LogP contribution >= 0.6 is 0 Å². The largest absolute Gasteiger partial charge is 0.493 e. The van der Waals surface area contributed by atoms with Crippen LogP contribution in [0.4, 0.5) is 0 Å². The first-order valence-corrected chi connectivity index (χ1v) is 19.1. The van der Waals surface area contributed by atoms with Gasteiger partial charge in [-0.1, -0.05) is 36.4 Å². The lowest BCUT2D eigenvalue weighted by Crippen LogP contribution is -2.65. The molecule has 276 valence electrons. The Kier molecular flexibility index (Phi) is 8.53. The van der Waals surface area contributed by atoms with E-state index in [1.54, 1.807) is 28.4 Å². The molecule has 2 saturated heterocycles. The normalized spacial score (nSPS) is 37.0. The van der Waals surface area contributed by atoms with Gasteiger partial charge in [-0.15, -0.1) is 0 Å². The van der Waals surface area contributed by atoms with Gasteiger partial charge in [0.05, 0.1) is 14.2 Å². The van der Waals surface area contributed by atoms with Crippen LogP contribution < -0.4 is 18.9 Å². The summed E-state index contributed by atoms with van der Waals surface area (Å²) in [5, 5.41) is 0. The van der Waals surface area contributed by atoms with Gasteiger partial charge in [0, 0.05) is 60.1 Å². The monoisotopic (exact) mass is 724 g/mol. The number of nitrogens with zero attached hydrogens (tertiary/aromatic N) is 2. The van der Waals surface area contributed by atoms with E-state index in [2.05, 4.69) is 72.5 Å². The summed E-state index contributed by atoms with van der Waals surface area (Å²) in [7, 11) is 6.87. The minimum absolute atomic E-state index is 0.0124. The number of likely N-dealkylation sites (N-methyl/N-ethyl adjacent to an activating group) is 2. The molecule has 10 atom stereocenters. The maximum Gasteiger partial charge on any atom is 0.394 e. The summed E-state index contributed by atoms with van der Waals surface area (Å²) in [4.78, 5) is 5.05. The third kappa shape index (κ3) is 5.03. The average Bonchev–Trinajstić information content (AvgIpc) is 3.64. The second kappa shape index (κ2) is 12.5. The number of methoxy groups -OCH3 is 4. The SMILES string of the molecule is COc1ccc2c3c1OC1C(OC)C=CC4C(C2)N(C)CCC341.COc1ccc2c3c1OC1C(OC)C=CC4C(C2)N(C)CCC341.O=S(=O)(O)O. The third-order valence-corrected chi connectivity index (χ3v) is 13.2. The van der Waals surface area contributed by atoms with E-state index < -0.39 is 10.4 Å². The van der Waals surface area contributed by atoms with Crippen molar-refractivity contribution < 1.29 is 45.9 Å². The van der Waals surface area contributed by atoms with Gasteiger partial charge in [0.1, 0.15) is 24.4 Å². The average molecular weight is 725 g/mol. The zero-order valence-electron chi connectivity index (χ0n) is 29.9. The molecule has 4 bridgehead atoms. The van der Waals surface area contributed by atoms with Crippen LogP contribution in [0.5, 0.6) is 23.0 Å². The van der Waals surface area contributed by atoms with Gasteiger partial charge in [-0.3, -0.25) is 9.11 Å². The van der Waals surface area contributed by atoms with Crippen LogP contribution in [0.25, 0.3) is 0 Å². The van der Waals surface area contributed by atoms with Gasteiger partial charge in [0.15, 0.2) is 23.0 Å². The molecule has 10 unspecified atom stereocenters. The molecule has 12 nitrogen and oxygen atoms in total. The molecular formula is C38H48N2O10S. The Morgan fingerprint density at radius 3 is 1.43 bits per heavy atom. The molecule has 13 heteroatoms. The summed E-state index contributed by atoms with van der Waals surface area (Å²) in [5.41, 5.74) is 5.77. The zero-order valence-corrected chi connectivity index (χ0v) is 30.8. The number of piperidine rings is 2.